The van der Waals surface area contributed by atoms with Gasteiger partial charge in [0, 0.05) is 6.54 Å². The van der Waals surface area contributed by atoms with Gasteiger partial charge in [0.05, 0.1) is 23.0 Å². The van der Waals surface area contributed by atoms with Crippen LogP contribution in [0.5, 0.6) is 5.75 Å². The first kappa shape index (κ1) is 17.9. The van der Waals surface area contributed by atoms with E-state index < -0.39 is 21.1 Å². The Labute approximate surface area is 148 Å². The van der Waals surface area contributed by atoms with Crippen LogP contribution in [-0.2, 0) is 16.6 Å². The highest BCUT2D eigenvalue weighted by Gasteiger charge is 2.18. The van der Waals surface area contributed by atoms with Gasteiger partial charge in [-0.25, -0.2) is 13.1 Å². The predicted octanol–water partition coefficient (Wildman–Crippen LogP) is 1.01. The maximum Gasteiger partial charge on any atom is 0.314 e. The second-order valence-electron chi connectivity index (χ2n) is 5.74. The number of nitrogens with one attached hydrogen (secondary N) is 3. The minimum absolute atomic E-state index is 0.0289. The van der Waals surface area contributed by atoms with Crippen LogP contribution >= 0.6 is 0 Å². The SMILES string of the molecule is COc1ccc(CNS(=O)(=O)c2cc3[nH]c(=O)c(=O)[nH]c3cc2C)cc1. The van der Waals surface area contributed by atoms with Crippen molar-refractivity contribution in [2.45, 2.75) is 18.4 Å². The quantitative estimate of drug-likeness (QED) is 0.575. The van der Waals surface area contributed by atoms with E-state index in [0.29, 0.717) is 16.8 Å². The molecule has 1 heterocycles. The number of aromatic nitrogens is 2. The molecule has 0 aliphatic heterocycles. The summed E-state index contributed by atoms with van der Waals surface area (Å²) in [6.07, 6.45) is 0. The summed E-state index contributed by atoms with van der Waals surface area (Å²) in [7, 11) is -2.26. The lowest BCUT2D eigenvalue weighted by Gasteiger charge is -2.11. The van der Waals surface area contributed by atoms with Crippen molar-refractivity contribution < 1.29 is 13.2 Å². The molecule has 0 bridgehead atoms. The number of sulfonamides is 1. The average molecular weight is 375 g/mol. The topological polar surface area (TPSA) is 121 Å². The molecule has 0 unspecified atom stereocenters. The molecule has 0 amide bonds. The van der Waals surface area contributed by atoms with Crippen LogP contribution in [0.15, 0.2) is 50.9 Å². The van der Waals surface area contributed by atoms with Crippen LogP contribution in [0.1, 0.15) is 11.1 Å². The number of aromatic amines is 2. The van der Waals surface area contributed by atoms with E-state index in [1.54, 1.807) is 38.3 Å². The van der Waals surface area contributed by atoms with Gasteiger partial charge in [0.1, 0.15) is 5.75 Å². The van der Waals surface area contributed by atoms with Gasteiger partial charge in [0.15, 0.2) is 0 Å². The highest BCUT2D eigenvalue weighted by Crippen LogP contribution is 2.20. The third kappa shape index (κ3) is 3.53. The zero-order valence-electron chi connectivity index (χ0n) is 14.1. The molecule has 3 aromatic rings. The Kier molecular flexibility index (Phi) is 4.66. The van der Waals surface area contributed by atoms with Crippen LogP contribution < -0.4 is 20.6 Å². The highest BCUT2D eigenvalue weighted by molar-refractivity contribution is 7.89. The van der Waals surface area contributed by atoms with Crippen LogP contribution in [0.25, 0.3) is 11.0 Å². The Balaban J connectivity index is 1.92. The summed E-state index contributed by atoms with van der Waals surface area (Å²) in [5.74, 6) is 0.680. The Bertz CT molecular complexity index is 1180. The van der Waals surface area contributed by atoms with E-state index in [1.807, 2.05) is 0 Å². The van der Waals surface area contributed by atoms with Gasteiger partial charge >= 0.3 is 11.1 Å². The molecule has 0 saturated carbocycles. The van der Waals surface area contributed by atoms with Gasteiger partial charge in [-0.1, -0.05) is 12.1 Å². The van der Waals surface area contributed by atoms with Crippen molar-refractivity contribution >= 4 is 21.1 Å². The number of fused-ring (bicyclic) bond motifs is 1. The molecule has 0 radical (unpaired) electrons. The summed E-state index contributed by atoms with van der Waals surface area (Å²) < 4.78 is 32.9. The van der Waals surface area contributed by atoms with Gasteiger partial charge in [0.2, 0.25) is 10.0 Å². The Morgan fingerprint density at radius 3 is 2.15 bits per heavy atom. The predicted molar refractivity (Wildman–Crippen MR) is 96.9 cm³/mol. The van der Waals surface area contributed by atoms with Gasteiger partial charge in [-0.15, -0.1) is 0 Å². The fourth-order valence-corrected chi connectivity index (χ4v) is 3.81. The number of hydrogen-bond acceptors (Lipinski definition) is 5. The molecule has 0 saturated heterocycles. The number of hydrogen-bond donors (Lipinski definition) is 3. The summed E-state index contributed by atoms with van der Waals surface area (Å²) in [6, 6.07) is 9.85. The van der Waals surface area contributed by atoms with E-state index >= 15 is 0 Å². The lowest BCUT2D eigenvalue weighted by atomic mass is 10.2. The molecule has 26 heavy (non-hydrogen) atoms. The van der Waals surface area contributed by atoms with Crippen molar-refractivity contribution in [3.8, 4) is 5.75 Å². The Morgan fingerprint density at radius 2 is 1.58 bits per heavy atom. The second-order valence-corrected chi connectivity index (χ2v) is 7.48. The Hall–Kier alpha value is -2.91. The zero-order valence-corrected chi connectivity index (χ0v) is 14.9. The van der Waals surface area contributed by atoms with Crippen LogP contribution in [0.3, 0.4) is 0 Å². The van der Waals surface area contributed by atoms with Crippen molar-refractivity contribution in [2.24, 2.45) is 0 Å². The van der Waals surface area contributed by atoms with E-state index in [0.717, 1.165) is 5.56 Å². The first-order valence-electron chi connectivity index (χ1n) is 7.70. The number of rotatable bonds is 5. The van der Waals surface area contributed by atoms with Crippen molar-refractivity contribution in [1.29, 1.82) is 0 Å². The molecule has 2 aromatic carbocycles. The largest absolute Gasteiger partial charge is 0.497 e. The number of aryl methyl sites for hydroxylation is 1. The number of methoxy groups -OCH3 is 1. The second kappa shape index (κ2) is 6.77. The first-order chi connectivity index (χ1) is 12.3. The molecule has 3 rings (SSSR count). The standard InChI is InChI=1S/C17H17N3O5S/c1-10-7-13-14(20-17(22)16(21)19-13)8-15(10)26(23,24)18-9-11-3-5-12(25-2)6-4-11/h3-8,18H,9H2,1-2H3,(H,19,21)(H,20,22). The minimum Gasteiger partial charge on any atom is -0.497 e. The normalized spacial score (nSPS) is 11.6. The van der Waals surface area contributed by atoms with Crippen LogP contribution in [-0.4, -0.2) is 25.5 Å². The van der Waals surface area contributed by atoms with Gasteiger partial charge in [-0.3, -0.25) is 9.59 Å². The number of H-pyrrole nitrogens is 2. The van der Waals surface area contributed by atoms with Crippen molar-refractivity contribution in [2.75, 3.05) is 7.11 Å². The van der Waals surface area contributed by atoms with Gasteiger partial charge in [0.25, 0.3) is 0 Å². The lowest BCUT2D eigenvalue weighted by Crippen LogP contribution is -2.29. The maximum absolute atomic E-state index is 12.6. The summed E-state index contributed by atoms with van der Waals surface area (Å²) in [5, 5.41) is 0. The Morgan fingerprint density at radius 1 is 1.00 bits per heavy atom. The molecule has 3 N–H and O–H groups in total. The van der Waals surface area contributed by atoms with Gasteiger partial charge in [-0.2, -0.15) is 0 Å². The molecular formula is C17H17N3O5S. The maximum atomic E-state index is 12.6. The van der Waals surface area contributed by atoms with Crippen LogP contribution in [0, 0.1) is 6.92 Å². The van der Waals surface area contributed by atoms with Crippen molar-refractivity contribution in [1.82, 2.24) is 14.7 Å². The smallest absolute Gasteiger partial charge is 0.314 e. The van der Waals surface area contributed by atoms with E-state index in [-0.39, 0.29) is 17.0 Å². The van der Waals surface area contributed by atoms with E-state index in [2.05, 4.69) is 14.7 Å². The molecule has 0 aliphatic carbocycles. The fraction of sp³-hybridized carbons (Fsp3) is 0.176. The highest BCUT2D eigenvalue weighted by atomic mass is 32.2. The van der Waals surface area contributed by atoms with Gasteiger partial charge < -0.3 is 14.7 Å². The molecule has 0 aliphatic rings. The summed E-state index contributed by atoms with van der Waals surface area (Å²) in [5.41, 5.74) is 0.195. The van der Waals surface area contributed by atoms with Crippen LogP contribution in [0.4, 0.5) is 0 Å². The molecule has 8 nitrogen and oxygen atoms in total. The molecule has 1 aromatic heterocycles. The molecule has 0 atom stereocenters. The molecule has 136 valence electrons. The molecule has 0 spiro atoms. The third-order valence-corrected chi connectivity index (χ3v) is 5.48. The molecule has 9 heteroatoms. The monoisotopic (exact) mass is 375 g/mol. The van der Waals surface area contributed by atoms with Gasteiger partial charge in [-0.05, 0) is 42.3 Å². The number of ether oxygens (including phenoxy) is 1. The third-order valence-electron chi connectivity index (χ3n) is 3.93. The van der Waals surface area contributed by atoms with Crippen molar-refractivity contribution in [3.05, 3.63) is 68.2 Å². The fourth-order valence-electron chi connectivity index (χ4n) is 2.54. The summed E-state index contributed by atoms with van der Waals surface area (Å²) >= 11 is 0. The van der Waals surface area contributed by atoms with E-state index in [1.165, 1.54) is 12.1 Å². The summed E-state index contributed by atoms with van der Waals surface area (Å²) in [6.45, 7) is 1.72. The minimum atomic E-state index is -3.81. The lowest BCUT2D eigenvalue weighted by molar-refractivity contribution is 0.414. The first-order valence-corrected chi connectivity index (χ1v) is 9.18. The van der Waals surface area contributed by atoms with E-state index in [9.17, 15) is 18.0 Å². The van der Waals surface area contributed by atoms with Crippen LogP contribution in [0.2, 0.25) is 0 Å². The molecule has 0 fully saturated rings. The average Bonchev–Trinajstić information content (AvgIpc) is 2.61. The summed E-state index contributed by atoms with van der Waals surface area (Å²) in [4.78, 5) is 27.7. The number of benzene rings is 2. The molecular weight excluding hydrogens is 358 g/mol. The zero-order chi connectivity index (χ0) is 18.9. The van der Waals surface area contributed by atoms with E-state index in [4.69, 9.17) is 4.74 Å². The van der Waals surface area contributed by atoms with Crippen molar-refractivity contribution in [3.63, 3.8) is 0 Å².